The van der Waals surface area contributed by atoms with Gasteiger partial charge in [-0.15, -0.1) is 0 Å². The summed E-state index contributed by atoms with van der Waals surface area (Å²) >= 11 is 0. The van der Waals surface area contributed by atoms with Gasteiger partial charge in [-0.2, -0.15) is 0 Å². The molecule has 1 amide bonds. The third-order valence-corrected chi connectivity index (χ3v) is 3.65. The quantitative estimate of drug-likeness (QED) is 0.736. The molecule has 2 rings (SSSR count). The molecular formula is C18H25N3O3. The lowest BCUT2D eigenvalue weighted by Crippen LogP contribution is -2.23. The highest BCUT2D eigenvalue weighted by atomic mass is 16.5. The number of benzene rings is 1. The van der Waals surface area contributed by atoms with Gasteiger partial charge in [-0.05, 0) is 19.4 Å². The van der Waals surface area contributed by atoms with Crippen LogP contribution in [0.2, 0.25) is 0 Å². The number of para-hydroxylation sites is 1. The van der Waals surface area contributed by atoms with Crippen LogP contribution < -0.4 is 15.8 Å². The largest absolute Gasteiger partial charge is 0.494 e. The van der Waals surface area contributed by atoms with Gasteiger partial charge in [0, 0.05) is 12.1 Å². The second-order valence-electron chi connectivity index (χ2n) is 5.54. The van der Waals surface area contributed by atoms with E-state index in [1.807, 2.05) is 31.2 Å². The molecule has 0 bridgehead atoms. The van der Waals surface area contributed by atoms with Crippen LogP contribution in [0.15, 0.2) is 34.9 Å². The summed E-state index contributed by atoms with van der Waals surface area (Å²) in [5, 5.41) is 2.83. The average Bonchev–Trinajstić information content (AvgIpc) is 3.09. The van der Waals surface area contributed by atoms with E-state index in [4.69, 9.17) is 14.9 Å². The Morgan fingerprint density at radius 1 is 1.38 bits per heavy atom. The first kappa shape index (κ1) is 18.0. The molecule has 6 nitrogen and oxygen atoms in total. The third kappa shape index (κ3) is 4.83. The number of rotatable bonds is 9. The van der Waals surface area contributed by atoms with Crippen LogP contribution >= 0.6 is 0 Å². The Balaban J connectivity index is 1.95. The van der Waals surface area contributed by atoms with E-state index in [9.17, 15) is 4.79 Å². The molecule has 1 heterocycles. The highest BCUT2D eigenvalue weighted by Gasteiger charge is 2.17. The molecule has 2 aromatic rings. The van der Waals surface area contributed by atoms with Crippen LogP contribution in [-0.2, 0) is 6.54 Å². The number of unbranched alkanes of at least 4 members (excludes halogenated alkanes) is 1. The fourth-order valence-corrected chi connectivity index (χ4v) is 2.32. The van der Waals surface area contributed by atoms with E-state index < -0.39 is 0 Å². The first-order valence-electron chi connectivity index (χ1n) is 8.35. The molecule has 1 aromatic carbocycles. The summed E-state index contributed by atoms with van der Waals surface area (Å²) in [6.45, 7) is 4.96. The molecule has 0 aliphatic heterocycles. The minimum atomic E-state index is -0.293. The Labute approximate surface area is 142 Å². The second-order valence-corrected chi connectivity index (χ2v) is 5.54. The minimum Gasteiger partial charge on any atom is -0.494 e. The summed E-state index contributed by atoms with van der Waals surface area (Å²) in [4.78, 5) is 16.4. The molecule has 1 aromatic heterocycles. The first-order chi connectivity index (χ1) is 11.7. The maximum Gasteiger partial charge on any atom is 0.273 e. The number of hydrogen-bond donors (Lipinski definition) is 2. The number of oxazole rings is 1. The van der Waals surface area contributed by atoms with Crippen LogP contribution in [0.4, 0.5) is 0 Å². The number of ether oxygens (including phenoxy) is 1. The van der Waals surface area contributed by atoms with Crippen LogP contribution in [0.5, 0.6) is 5.75 Å². The predicted octanol–water partition coefficient (Wildman–Crippen LogP) is 3.19. The van der Waals surface area contributed by atoms with Gasteiger partial charge in [0.15, 0.2) is 5.69 Å². The van der Waals surface area contributed by atoms with E-state index in [0.29, 0.717) is 19.0 Å². The Morgan fingerprint density at radius 2 is 2.17 bits per heavy atom. The molecule has 0 aliphatic rings. The fraction of sp³-hybridized carbons (Fsp3) is 0.444. The van der Waals surface area contributed by atoms with Crippen LogP contribution in [-0.4, -0.2) is 17.5 Å². The molecule has 0 aliphatic carbocycles. The predicted molar refractivity (Wildman–Crippen MR) is 91.7 cm³/mol. The number of carbonyl (C=O) groups excluding carboxylic acids is 1. The van der Waals surface area contributed by atoms with E-state index in [-0.39, 0.29) is 17.6 Å². The molecule has 24 heavy (non-hydrogen) atoms. The lowest BCUT2D eigenvalue weighted by molar-refractivity contribution is 0.0945. The molecule has 0 spiro atoms. The van der Waals surface area contributed by atoms with Crippen LogP contribution in [0.1, 0.15) is 61.1 Å². The Kier molecular flexibility index (Phi) is 6.81. The zero-order valence-corrected chi connectivity index (χ0v) is 14.2. The lowest BCUT2D eigenvalue weighted by atomic mass is 10.1. The monoisotopic (exact) mass is 331 g/mol. The summed E-state index contributed by atoms with van der Waals surface area (Å²) in [6, 6.07) is 7.33. The summed E-state index contributed by atoms with van der Waals surface area (Å²) in [6.07, 6.45) is 4.20. The smallest absolute Gasteiger partial charge is 0.273 e. The van der Waals surface area contributed by atoms with Crippen molar-refractivity contribution in [3.05, 3.63) is 47.7 Å². The van der Waals surface area contributed by atoms with Gasteiger partial charge in [-0.25, -0.2) is 4.98 Å². The summed E-state index contributed by atoms with van der Waals surface area (Å²) < 4.78 is 10.9. The number of hydrogen-bond acceptors (Lipinski definition) is 5. The molecular weight excluding hydrogens is 306 g/mol. The van der Waals surface area contributed by atoms with E-state index in [1.54, 1.807) is 0 Å². The van der Waals surface area contributed by atoms with Crippen molar-refractivity contribution < 1.29 is 13.9 Å². The van der Waals surface area contributed by atoms with Crippen LogP contribution in [0.25, 0.3) is 0 Å². The van der Waals surface area contributed by atoms with E-state index in [0.717, 1.165) is 30.6 Å². The van der Waals surface area contributed by atoms with E-state index >= 15 is 0 Å². The second kappa shape index (κ2) is 9.08. The number of nitrogens with two attached hydrogens (primary N) is 1. The van der Waals surface area contributed by atoms with Gasteiger partial charge in [-0.1, -0.05) is 38.0 Å². The Morgan fingerprint density at radius 3 is 2.92 bits per heavy atom. The van der Waals surface area contributed by atoms with Gasteiger partial charge in [-0.3, -0.25) is 4.79 Å². The fourth-order valence-electron chi connectivity index (χ4n) is 2.32. The van der Waals surface area contributed by atoms with Crippen molar-refractivity contribution in [1.82, 2.24) is 10.3 Å². The van der Waals surface area contributed by atoms with Crippen molar-refractivity contribution in [3.8, 4) is 5.75 Å². The van der Waals surface area contributed by atoms with Gasteiger partial charge in [0.2, 0.25) is 5.89 Å². The topological polar surface area (TPSA) is 90.4 Å². The maximum absolute atomic E-state index is 12.2. The third-order valence-electron chi connectivity index (χ3n) is 3.65. The zero-order chi connectivity index (χ0) is 17.4. The minimum absolute atomic E-state index is 0.242. The first-order valence-corrected chi connectivity index (χ1v) is 8.35. The van der Waals surface area contributed by atoms with Gasteiger partial charge in [0.1, 0.15) is 12.0 Å². The Hall–Kier alpha value is -2.34. The molecule has 1 atom stereocenters. The van der Waals surface area contributed by atoms with Crippen LogP contribution in [0, 0.1) is 0 Å². The molecule has 1 unspecified atom stereocenters. The Bertz CT molecular complexity index is 654. The number of amides is 1. The maximum atomic E-state index is 12.2. The lowest BCUT2D eigenvalue weighted by Gasteiger charge is -2.10. The van der Waals surface area contributed by atoms with Crippen molar-refractivity contribution in [2.45, 2.75) is 45.7 Å². The number of nitrogens with one attached hydrogen (secondary N) is 1. The molecule has 0 saturated carbocycles. The van der Waals surface area contributed by atoms with E-state index in [2.05, 4.69) is 17.2 Å². The van der Waals surface area contributed by atoms with Crippen molar-refractivity contribution >= 4 is 5.91 Å². The highest BCUT2D eigenvalue weighted by molar-refractivity contribution is 5.91. The highest BCUT2D eigenvalue weighted by Crippen LogP contribution is 2.18. The average molecular weight is 331 g/mol. The molecule has 0 fully saturated rings. The van der Waals surface area contributed by atoms with Crippen molar-refractivity contribution in [2.24, 2.45) is 5.73 Å². The number of carbonyl (C=O) groups is 1. The number of aromatic nitrogens is 1. The molecule has 130 valence electrons. The van der Waals surface area contributed by atoms with Gasteiger partial charge in [0.05, 0.1) is 12.6 Å². The van der Waals surface area contributed by atoms with E-state index in [1.165, 1.54) is 6.26 Å². The SMILES string of the molecule is CCCCC(N)c1nc(C(=O)NCc2ccccc2OCC)co1. The summed E-state index contributed by atoms with van der Waals surface area (Å²) in [5.74, 6) is 0.880. The van der Waals surface area contributed by atoms with Crippen molar-refractivity contribution in [3.63, 3.8) is 0 Å². The molecule has 3 N–H and O–H groups in total. The van der Waals surface area contributed by atoms with Crippen molar-refractivity contribution in [2.75, 3.05) is 6.61 Å². The summed E-state index contributed by atoms with van der Waals surface area (Å²) in [7, 11) is 0. The normalized spacial score (nSPS) is 12.0. The summed E-state index contributed by atoms with van der Waals surface area (Å²) in [5.41, 5.74) is 7.16. The zero-order valence-electron chi connectivity index (χ0n) is 14.2. The standard InChI is InChI=1S/C18H25N3O3/c1-3-5-9-14(19)18-21-15(12-24-18)17(22)20-11-13-8-6-7-10-16(13)23-4-2/h6-8,10,12,14H,3-5,9,11,19H2,1-2H3,(H,20,22). The van der Waals surface area contributed by atoms with Gasteiger partial charge >= 0.3 is 0 Å². The molecule has 6 heteroatoms. The van der Waals surface area contributed by atoms with Crippen molar-refractivity contribution in [1.29, 1.82) is 0 Å². The van der Waals surface area contributed by atoms with Crippen LogP contribution in [0.3, 0.4) is 0 Å². The number of nitrogens with zero attached hydrogens (tertiary/aromatic N) is 1. The van der Waals surface area contributed by atoms with Gasteiger partial charge in [0.25, 0.3) is 5.91 Å². The molecule has 0 radical (unpaired) electrons. The van der Waals surface area contributed by atoms with Gasteiger partial charge < -0.3 is 20.2 Å². The molecule has 0 saturated heterocycles.